The fourth-order valence-electron chi connectivity index (χ4n) is 1.84. The first-order chi connectivity index (χ1) is 10.2. The van der Waals surface area contributed by atoms with Crippen molar-refractivity contribution in [3.05, 3.63) is 59.4 Å². The van der Waals surface area contributed by atoms with Gasteiger partial charge in [0.2, 0.25) is 0 Å². The smallest absolute Gasteiger partial charge is 0.341 e. The molecule has 0 aliphatic rings. The minimum atomic E-state index is -0.391. The van der Waals surface area contributed by atoms with Crippen LogP contribution in [0.1, 0.15) is 16.1 Å². The number of rotatable bonds is 4. The van der Waals surface area contributed by atoms with Gasteiger partial charge >= 0.3 is 5.97 Å². The van der Waals surface area contributed by atoms with Crippen LogP contribution in [0.15, 0.2) is 48.1 Å². The Kier molecular flexibility index (Phi) is 3.79. The van der Waals surface area contributed by atoms with Crippen LogP contribution in [-0.4, -0.2) is 20.7 Å². The molecule has 0 amide bonds. The lowest BCUT2D eigenvalue weighted by molar-refractivity contribution is 0.0468. The van der Waals surface area contributed by atoms with Crippen molar-refractivity contribution in [1.29, 1.82) is 0 Å². The second-order valence-electron chi connectivity index (χ2n) is 4.49. The molecule has 0 spiro atoms. The summed E-state index contributed by atoms with van der Waals surface area (Å²) < 4.78 is 6.79. The summed E-state index contributed by atoms with van der Waals surface area (Å²) in [4.78, 5) is 16.3. The van der Waals surface area contributed by atoms with E-state index in [0.29, 0.717) is 5.56 Å². The number of nitrogens with zero attached hydrogens (tertiary/aromatic N) is 3. The van der Waals surface area contributed by atoms with Gasteiger partial charge in [0.15, 0.2) is 0 Å². The molecule has 3 aromatic rings. The number of hydrogen-bond donors (Lipinski definition) is 0. The molecule has 106 valence electrons. The van der Waals surface area contributed by atoms with Gasteiger partial charge in [0.1, 0.15) is 11.6 Å². The molecule has 0 radical (unpaired) electrons. The number of aromatic nitrogens is 3. The van der Waals surface area contributed by atoms with Gasteiger partial charge in [-0.25, -0.2) is 9.78 Å². The maximum atomic E-state index is 11.8. The fraction of sp³-hybridized carbons (Fsp3) is 0.133. The lowest BCUT2D eigenvalue weighted by Gasteiger charge is -2.00. The van der Waals surface area contributed by atoms with Crippen LogP contribution in [-0.2, 0) is 18.4 Å². The molecule has 0 N–H and O–H groups in total. The molecular formula is C15H13N3O2S. The highest BCUT2D eigenvalue weighted by atomic mass is 32.1. The van der Waals surface area contributed by atoms with Crippen LogP contribution in [0.25, 0.3) is 10.6 Å². The van der Waals surface area contributed by atoms with Crippen molar-refractivity contribution in [2.24, 2.45) is 7.05 Å². The molecule has 3 rings (SSSR count). The van der Waals surface area contributed by atoms with Crippen LogP contribution < -0.4 is 0 Å². The second-order valence-corrected chi connectivity index (χ2v) is 5.35. The van der Waals surface area contributed by atoms with Gasteiger partial charge in [-0.1, -0.05) is 30.3 Å². The molecule has 0 bridgehead atoms. The first kappa shape index (κ1) is 13.5. The summed E-state index contributed by atoms with van der Waals surface area (Å²) in [5, 5.41) is 6.76. The molecule has 0 aliphatic heterocycles. The summed E-state index contributed by atoms with van der Waals surface area (Å²) in [5.41, 5.74) is 2.25. The van der Waals surface area contributed by atoms with Crippen LogP contribution in [0, 0.1) is 0 Å². The van der Waals surface area contributed by atoms with E-state index in [1.807, 2.05) is 35.7 Å². The summed E-state index contributed by atoms with van der Waals surface area (Å²) >= 11 is 1.54. The molecule has 5 nitrogen and oxygen atoms in total. The van der Waals surface area contributed by atoms with E-state index in [2.05, 4.69) is 10.1 Å². The summed E-state index contributed by atoms with van der Waals surface area (Å²) in [6.45, 7) is 0.164. The number of esters is 1. The van der Waals surface area contributed by atoms with Gasteiger partial charge in [-0.2, -0.15) is 5.10 Å². The van der Waals surface area contributed by atoms with E-state index in [4.69, 9.17) is 4.74 Å². The van der Waals surface area contributed by atoms with Gasteiger partial charge in [0, 0.05) is 24.2 Å². The molecule has 6 heteroatoms. The van der Waals surface area contributed by atoms with Crippen LogP contribution >= 0.6 is 11.3 Å². The normalized spacial score (nSPS) is 10.5. The summed E-state index contributed by atoms with van der Waals surface area (Å²) in [7, 11) is 1.75. The Hall–Kier alpha value is -2.47. The van der Waals surface area contributed by atoms with E-state index in [0.717, 1.165) is 16.3 Å². The van der Waals surface area contributed by atoms with E-state index in [-0.39, 0.29) is 6.61 Å². The Morgan fingerprint density at radius 2 is 2.14 bits per heavy atom. The van der Waals surface area contributed by atoms with Gasteiger partial charge in [0.05, 0.1) is 17.5 Å². The molecule has 1 aromatic carbocycles. The van der Waals surface area contributed by atoms with Gasteiger partial charge < -0.3 is 4.74 Å². The molecule has 2 aromatic heterocycles. The highest BCUT2D eigenvalue weighted by Gasteiger charge is 2.11. The van der Waals surface area contributed by atoms with Crippen molar-refractivity contribution in [3.8, 4) is 10.6 Å². The third-order valence-corrected chi connectivity index (χ3v) is 3.80. The third-order valence-electron chi connectivity index (χ3n) is 2.86. The Labute approximate surface area is 125 Å². The van der Waals surface area contributed by atoms with Crippen molar-refractivity contribution in [2.45, 2.75) is 6.61 Å². The number of thiazole rings is 1. The highest BCUT2D eigenvalue weighted by Crippen LogP contribution is 2.23. The van der Waals surface area contributed by atoms with Gasteiger partial charge in [-0.05, 0) is 0 Å². The van der Waals surface area contributed by atoms with Crippen LogP contribution in [0.2, 0.25) is 0 Å². The number of carbonyl (C=O) groups excluding carboxylic acids is 1. The lowest BCUT2D eigenvalue weighted by atomic mass is 10.2. The van der Waals surface area contributed by atoms with Crippen LogP contribution in [0.3, 0.4) is 0 Å². The SMILES string of the molecule is Cn1cc(C(=O)OCc2csc(-c3ccccc3)n2)cn1. The topological polar surface area (TPSA) is 57.0 Å². The first-order valence-corrected chi connectivity index (χ1v) is 7.26. The first-order valence-electron chi connectivity index (χ1n) is 6.38. The number of carbonyl (C=O) groups is 1. The van der Waals surface area contributed by atoms with Gasteiger partial charge in [-0.3, -0.25) is 4.68 Å². The standard InChI is InChI=1S/C15H13N3O2S/c1-18-8-12(7-16-18)15(19)20-9-13-10-21-14(17-13)11-5-3-2-4-6-11/h2-8,10H,9H2,1H3. The third kappa shape index (κ3) is 3.17. The predicted molar refractivity (Wildman–Crippen MR) is 79.9 cm³/mol. The largest absolute Gasteiger partial charge is 0.455 e. The summed E-state index contributed by atoms with van der Waals surface area (Å²) in [6.07, 6.45) is 3.11. The van der Waals surface area contributed by atoms with Crippen molar-refractivity contribution < 1.29 is 9.53 Å². The molecule has 21 heavy (non-hydrogen) atoms. The highest BCUT2D eigenvalue weighted by molar-refractivity contribution is 7.13. The molecule has 0 atom stereocenters. The summed E-state index contributed by atoms with van der Waals surface area (Å²) in [5.74, 6) is -0.391. The number of ether oxygens (including phenoxy) is 1. The van der Waals surface area contributed by atoms with Gasteiger partial charge in [0.25, 0.3) is 0 Å². The van der Waals surface area contributed by atoms with E-state index < -0.39 is 5.97 Å². The zero-order valence-corrected chi connectivity index (χ0v) is 12.2. The van der Waals surface area contributed by atoms with E-state index in [9.17, 15) is 4.79 Å². The Bertz CT molecular complexity index is 749. The molecule has 0 fully saturated rings. The fourth-order valence-corrected chi connectivity index (χ4v) is 2.65. The maximum absolute atomic E-state index is 11.8. The number of aryl methyl sites for hydroxylation is 1. The van der Waals surface area contributed by atoms with E-state index in [1.54, 1.807) is 17.9 Å². The predicted octanol–water partition coefficient (Wildman–Crippen LogP) is 2.90. The Balaban J connectivity index is 1.64. The molecular weight excluding hydrogens is 286 g/mol. The summed E-state index contributed by atoms with van der Waals surface area (Å²) in [6, 6.07) is 9.92. The minimum Gasteiger partial charge on any atom is -0.455 e. The van der Waals surface area contributed by atoms with Crippen LogP contribution in [0.4, 0.5) is 0 Å². The number of hydrogen-bond acceptors (Lipinski definition) is 5. The van der Waals surface area contributed by atoms with Crippen molar-refractivity contribution >= 4 is 17.3 Å². The van der Waals surface area contributed by atoms with Crippen molar-refractivity contribution in [3.63, 3.8) is 0 Å². The zero-order chi connectivity index (χ0) is 14.7. The maximum Gasteiger partial charge on any atom is 0.341 e. The lowest BCUT2D eigenvalue weighted by Crippen LogP contribution is -2.04. The van der Waals surface area contributed by atoms with E-state index >= 15 is 0 Å². The molecule has 0 saturated carbocycles. The van der Waals surface area contributed by atoms with Crippen molar-refractivity contribution in [1.82, 2.24) is 14.8 Å². The number of benzene rings is 1. The van der Waals surface area contributed by atoms with E-state index in [1.165, 1.54) is 17.5 Å². The van der Waals surface area contributed by atoms with Gasteiger partial charge in [-0.15, -0.1) is 11.3 Å². The molecule has 2 heterocycles. The monoisotopic (exact) mass is 299 g/mol. The Morgan fingerprint density at radius 3 is 2.86 bits per heavy atom. The average molecular weight is 299 g/mol. The molecule has 0 unspecified atom stereocenters. The Morgan fingerprint density at radius 1 is 1.33 bits per heavy atom. The quantitative estimate of drug-likeness (QED) is 0.695. The second kappa shape index (κ2) is 5.88. The zero-order valence-electron chi connectivity index (χ0n) is 11.4. The molecule has 0 saturated heterocycles. The average Bonchev–Trinajstić information content (AvgIpc) is 3.15. The van der Waals surface area contributed by atoms with Crippen LogP contribution in [0.5, 0.6) is 0 Å². The van der Waals surface area contributed by atoms with Crippen molar-refractivity contribution in [2.75, 3.05) is 0 Å². The molecule has 0 aliphatic carbocycles. The minimum absolute atomic E-state index is 0.164.